The summed E-state index contributed by atoms with van der Waals surface area (Å²) in [4.78, 5) is 11.1. The van der Waals surface area contributed by atoms with Gasteiger partial charge in [-0.05, 0) is 48.5 Å². The van der Waals surface area contributed by atoms with Gasteiger partial charge in [0.15, 0.2) is 0 Å². The van der Waals surface area contributed by atoms with Gasteiger partial charge in [-0.15, -0.1) is 0 Å². The van der Waals surface area contributed by atoms with Crippen LogP contribution in [-0.4, -0.2) is 17.4 Å². The number of rotatable bonds is 5. The van der Waals surface area contributed by atoms with Crippen molar-refractivity contribution in [3.8, 4) is 11.5 Å². The molecule has 0 radical (unpaired) electrons. The zero-order chi connectivity index (χ0) is 14.5. The number of benzene rings is 2. The number of carbonyl (C=O) groups is 1. The fraction of sp³-hybridized carbons (Fsp3) is 0.0714. The van der Waals surface area contributed by atoms with Gasteiger partial charge >= 0.3 is 12.3 Å². The van der Waals surface area contributed by atoms with E-state index in [0.717, 1.165) is 0 Å². The van der Waals surface area contributed by atoms with Crippen LogP contribution in [0.1, 0.15) is 0 Å². The molecule has 1 atom stereocenters. The zero-order valence-electron chi connectivity index (χ0n) is 10.3. The molecule has 0 fully saturated rings. The van der Waals surface area contributed by atoms with Gasteiger partial charge in [-0.2, -0.15) is 0 Å². The van der Waals surface area contributed by atoms with Crippen LogP contribution in [0.15, 0.2) is 48.5 Å². The zero-order valence-corrected chi connectivity index (χ0v) is 11.1. The lowest BCUT2D eigenvalue weighted by atomic mass is 10.3. The van der Waals surface area contributed by atoms with Crippen molar-refractivity contribution in [3.63, 3.8) is 0 Å². The van der Waals surface area contributed by atoms with Gasteiger partial charge in [0.05, 0.1) is 0 Å². The van der Waals surface area contributed by atoms with Crippen molar-refractivity contribution >= 4 is 23.3 Å². The third-order valence-electron chi connectivity index (χ3n) is 2.38. The van der Waals surface area contributed by atoms with E-state index in [4.69, 9.17) is 31.9 Å². The van der Waals surface area contributed by atoms with E-state index in [-0.39, 0.29) is 0 Å². The molecule has 0 heterocycles. The van der Waals surface area contributed by atoms with Crippen molar-refractivity contribution in [2.75, 3.05) is 5.73 Å². The molecular formula is C14H12ClNO4. The minimum atomic E-state index is -1.46. The quantitative estimate of drug-likeness (QED) is 0.654. The summed E-state index contributed by atoms with van der Waals surface area (Å²) < 4.78 is 10.5. The highest BCUT2D eigenvalue weighted by molar-refractivity contribution is 6.30. The molecule has 0 saturated carbocycles. The summed E-state index contributed by atoms with van der Waals surface area (Å²) in [7, 11) is 0. The monoisotopic (exact) mass is 293 g/mol. The van der Waals surface area contributed by atoms with Crippen molar-refractivity contribution in [1.82, 2.24) is 0 Å². The molecule has 3 N–H and O–H groups in total. The summed E-state index contributed by atoms with van der Waals surface area (Å²) in [6, 6.07) is 12.7. The first-order valence-corrected chi connectivity index (χ1v) is 6.09. The molecule has 2 aromatic carbocycles. The highest BCUT2D eigenvalue weighted by Gasteiger charge is 2.21. The Morgan fingerprint density at radius 3 is 1.90 bits per heavy atom. The summed E-state index contributed by atoms with van der Waals surface area (Å²) in [6.07, 6.45) is -1.46. The second kappa shape index (κ2) is 6.16. The average molecular weight is 294 g/mol. The molecule has 0 aliphatic rings. The molecule has 0 bridgehead atoms. The van der Waals surface area contributed by atoms with E-state index in [1.54, 1.807) is 48.5 Å². The average Bonchev–Trinajstić information content (AvgIpc) is 2.42. The van der Waals surface area contributed by atoms with Crippen LogP contribution in [0, 0.1) is 0 Å². The van der Waals surface area contributed by atoms with E-state index in [1.165, 1.54) is 0 Å². The molecule has 20 heavy (non-hydrogen) atoms. The topological polar surface area (TPSA) is 81.8 Å². The molecule has 6 heteroatoms. The van der Waals surface area contributed by atoms with Crippen LogP contribution >= 0.6 is 11.6 Å². The van der Waals surface area contributed by atoms with Crippen molar-refractivity contribution in [1.29, 1.82) is 0 Å². The number of anilines is 1. The number of hydrogen-bond donors (Lipinski definition) is 2. The lowest BCUT2D eigenvalue weighted by Crippen LogP contribution is -2.33. The molecule has 0 amide bonds. The second-order valence-electron chi connectivity index (χ2n) is 3.93. The Balaban J connectivity index is 2.09. The van der Waals surface area contributed by atoms with Gasteiger partial charge in [0, 0.05) is 10.7 Å². The van der Waals surface area contributed by atoms with Gasteiger partial charge in [-0.3, -0.25) is 0 Å². The molecule has 2 rings (SSSR count). The summed E-state index contributed by atoms with van der Waals surface area (Å²) in [5.41, 5.74) is 6.10. The molecular weight excluding hydrogens is 282 g/mol. The van der Waals surface area contributed by atoms with Crippen LogP contribution in [0.3, 0.4) is 0 Å². The Kier molecular flexibility index (Phi) is 4.32. The normalized spacial score (nSPS) is 11.7. The highest BCUT2D eigenvalue weighted by atomic mass is 35.5. The molecule has 0 saturated heterocycles. The molecule has 0 aromatic heterocycles. The molecule has 2 aromatic rings. The number of aliphatic carboxylic acids is 1. The predicted octanol–water partition coefficient (Wildman–Crippen LogP) is 2.79. The third kappa shape index (κ3) is 3.80. The Morgan fingerprint density at radius 2 is 1.45 bits per heavy atom. The number of carboxylic acid groups (broad SMARTS) is 1. The first kappa shape index (κ1) is 14.0. The maximum atomic E-state index is 11.1. The number of nitrogens with two attached hydrogens (primary N) is 1. The summed E-state index contributed by atoms with van der Waals surface area (Å²) in [6.45, 7) is 0. The molecule has 1 unspecified atom stereocenters. The maximum Gasteiger partial charge on any atom is 0.387 e. The smallest absolute Gasteiger partial charge is 0.387 e. The van der Waals surface area contributed by atoms with Gasteiger partial charge in [-0.1, -0.05) is 11.6 Å². The van der Waals surface area contributed by atoms with Gasteiger partial charge < -0.3 is 20.3 Å². The predicted molar refractivity (Wildman–Crippen MR) is 75.0 cm³/mol. The lowest BCUT2D eigenvalue weighted by Gasteiger charge is -2.16. The van der Waals surface area contributed by atoms with E-state index < -0.39 is 12.3 Å². The molecule has 5 nitrogen and oxygen atoms in total. The largest absolute Gasteiger partial charge is 0.476 e. The molecule has 0 spiro atoms. The first-order chi connectivity index (χ1) is 9.54. The fourth-order valence-electron chi connectivity index (χ4n) is 1.43. The van der Waals surface area contributed by atoms with Crippen LogP contribution in [0.5, 0.6) is 11.5 Å². The van der Waals surface area contributed by atoms with E-state index >= 15 is 0 Å². The summed E-state index contributed by atoms with van der Waals surface area (Å²) in [5.74, 6) is -0.547. The Morgan fingerprint density at radius 1 is 1.00 bits per heavy atom. The van der Waals surface area contributed by atoms with Crippen LogP contribution in [0.2, 0.25) is 5.02 Å². The first-order valence-electron chi connectivity index (χ1n) is 5.72. The van der Waals surface area contributed by atoms with Crippen LogP contribution in [-0.2, 0) is 4.79 Å². The number of carboxylic acids is 1. The van der Waals surface area contributed by atoms with Crippen molar-refractivity contribution in [2.24, 2.45) is 0 Å². The van der Waals surface area contributed by atoms with Gasteiger partial charge in [0.2, 0.25) is 0 Å². The van der Waals surface area contributed by atoms with Gasteiger partial charge in [0.25, 0.3) is 0 Å². The van der Waals surface area contributed by atoms with Crippen LogP contribution in [0.25, 0.3) is 0 Å². The number of nitrogen functional groups attached to an aromatic ring is 1. The minimum absolute atomic E-state index is 0.345. The molecule has 104 valence electrons. The SMILES string of the molecule is Nc1ccc(OC(Oc2ccc(Cl)cc2)C(=O)O)cc1. The van der Waals surface area contributed by atoms with E-state index in [0.29, 0.717) is 22.2 Å². The fourth-order valence-corrected chi connectivity index (χ4v) is 1.56. The summed E-state index contributed by atoms with van der Waals surface area (Å²) in [5, 5.41) is 9.64. The maximum absolute atomic E-state index is 11.1. The third-order valence-corrected chi connectivity index (χ3v) is 2.63. The van der Waals surface area contributed by atoms with Gasteiger partial charge in [0.1, 0.15) is 11.5 Å². The number of ether oxygens (including phenoxy) is 2. The Labute approximate surface area is 120 Å². The van der Waals surface area contributed by atoms with Crippen LogP contribution in [0.4, 0.5) is 5.69 Å². The number of hydrogen-bond acceptors (Lipinski definition) is 4. The molecule has 0 aliphatic carbocycles. The van der Waals surface area contributed by atoms with E-state index in [1.807, 2.05) is 0 Å². The number of halogens is 1. The molecule has 0 aliphatic heterocycles. The minimum Gasteiger partial charge on any atom is -0.476 e. The Hall–Kier alpha value is -2.40. The van der Waals surface area contributed by atoms with Crippen molar-refractivity contribution in [2.45, 2.75) is 6.29 Å². The van der Waals surface area contributed by atoms with Crippen molar-refractivity contribution in [3.05, 3.63) is 53.6 Å². The second-order valence-corrected chi connectivity index (χ2v) is 4.37. The van der Waals surface area contributed by atoms with E-state index in [2.05, 4.69) is 0 Å². The van der Waals surface area contributed by atoms with Gasteiger partial charge in [-0.25, -0.2) is 4.79 Å². The highest BCUT2D eigenvalue weighted by Crippen LogP contribution is 2.19. The van der Waals surface area contributed by atoms with Crippen molar-refractivity contribution < 1.29 is 19.4 Å². The van der Waals surface area contributed by atoms with E-state index in [9.17, 15) is 4.79 Å². The lowest BCUT2D eigenvalue weighted by molar-refractivity contribution is -0.158. The Bertz CT molecular complexity index is 536. The van der Waals surface area contributed by atoms with Crippen LogP contribution < -0.4 is 15.2 Å². The standard InChI is InChI=1S/C14H12ClNO4/c15-9-1-5-11(6-2-9)19-14(13(17)18)20-12-7-3-10(16)4-8-12/h1-8,14H,16H2,(H,17,18). The summed E-state index contributed by atoms with van der Waals surface area (Å²) >= 11 is 5.74.